The number of aryl methyl sites for hydroxylation is 1. The van der Waals surface area contributed by atoms with Crippen molar-refractivity contribution < 1.29 is 17.6 Å². The van der Waals surface area contributed by atoms with Gasteiger partial charge in [-0.25, -0.2) is 8.42 Å². The zero-order chi connectivity index (χ0) is 15.2. The van der Waals surface area contributed by atoms with Crippen LogP contribution in [0.1, 0.15) is 5.56 Å². The second kappa shape index (κ2) is 4.78. The number of rotatable bonds is 2. The molecule has 8 heteroatoms. The summed E-state index contributed by atoms with van der Waals surface area (Å²) < 4.78 is 30.5. The molecule has 1 unspecified atom stereocenters. The second-order valence-corrected chi connectivity index (χ2v) is 6.88. The van der Waals surface area contributed by atoms with Crippen molar-refractivity contribution in [3.63, 3.8) is 0 Å². The van der Waals surface area contributed by atoms with Crippen LogP contribution in [0.25, 0.3) is 11.0 Å². The van der Waals surface area contributed by atoms with E-state index in [1.807, 2.05) is 0 Å². The fourth-order valence-corrected chi connectivity index (χ4v) is 3.66. The molecule has 1 amide bonds. The van der Waals surface area contributed by atoms with E-state index in [0.29, 0.717) is 21.6 Å². The summed E-state index contributed by atoms with van der Waals surface area (Å²) in [5.74, 6) is -0.588. The molecule has 21 heavy (non-hydrogen) atoms. The fraction of sp³-hybridized carbons (Fsp3) is 0.154. The van der Waals surface area contributed by atoms with Gasteiger partial charge in [-0.3, -0.25) is 4.79 Å². The zero-order valence-electron chi connectivity index (χ0n) is 10.8. The van der Waals surface area contributed by atoms with E-state index in [1.165, 1.54) is 6.08 Å². The van der Waals surface area contributed by atoms with Crippen LogP contribution < -0.4 is 0 Å². The van der Waals surface area contributed by atoms with Gasteiger partial charge in [-0.1, -0.05) is 11.6 Å². The lowest BCUT2D eigenvalue weighted by Gasteiger charge is -2.08. The van der Waals surface area contributed by atoms with E-state index in [9.17, 15) is 13.2 Å². The number of hydrogen-bond donors (Lipinski definition) is 0. The van der Waals surface area contributed by atoms with Gasteiger partial charge in [0.05, 0.1) is 0 Å². The molecule has 2 heterocycles. The Hall–Kier alpha value is -1.99. The minimum absolute atomic E-state index is 0.192. The molecule has 0 saturated carbocycles. The average molecular weight is 325 g/mol. The molecule has 0 N–H and O–H groups in total. The van der Waals surface area contributed by atoms with E-state index in [2.05, 4.69) is 10.2 Å². The summed E-state index contributed by atoms with van der Waals surface area (Å²) in [6.07, 6.45) is 2.26. The lowest BCUT2D eigenvalue weighted by molar-refractivity contribution is -0.114. The highest BCUT2D eigenvalue weighted by molar-refractivity contribution is 7.92. The molecule has 1 aromatic heterocycles. The van der Waals surface area contributed by atoms with Crippen LogP contribution in [0.15, 0.2) is 50.1 Å². The smallest absolute Gasteiger partial charge is 0.287 e. The molecule has 3 rings (SSSR count). The molecule has 1 atom stereocenters. The molecule has 0 fully saturated rings. The van der Waals surface area contributed by atoms with E-state index in [1.54, 1.807) is 25.1 Å². The van der Waals surface area contributed by atoms with E-state index in [0.717, 1.165) is 6.08 Å². The molecule has 0 saturated heterocycles. The number of carbonyl (C=O) groups is 1. The molecule has 2 aromatic rings. The third kappa shape index (κ3) is 2.28. The number of amides is 1. The summed E-state index contributed by atoms with van der Waals surface area (Å²) in [6, 6.07) is 4.85. The summed E-state index contributed by atoms with van der Waals surface area (Å²) in [6.45, 7) is 1.63. The van der Waals surface area contributed by atoms with Gasteiger partial charge in [0.2, 0.25) is 14.9 Å². The van der Waals surface area contributed by atoms with Crippen molar-refractivity contribution in [2.45, 2.75) is 17.4 Å². The summed E-state index contributed by atoms with van der Waals surface area (Å²) in [7, 11) is -3.90. The van der Waals surface area contributed by atoms with Crippen LogP contribution in [0.3, 0.4) is 0 Å². The number of benzene rings is 1. The highest BCUT2D eigenvalue weighted by Gasteiger charge is 2.33. The number of nitrogens with zero attached hydrogens (tertiary/aromatic N) is 2. The number of azo groups is 1. The van der Waals surface area contributed by atoms with Gasteiger partial charge in [0.1, 0.15) is 5.58 Å². The lowest BCUT2D eigenvalue weighted by Crippen LogP contribution is -2.19. The van der Waals surface area contributed by atoms with Gasteiger partial charge in [0, 0.05) is 22.0 Å². The SMILES string of the molecule is Cc1c(S(=O)(=O)C2C=CC(=O)N=N2)oc2ccc(Cl)cc12. The Morgan fingerprint density at radius 1 is 1.33 bits per heavy atom. The topological polar surface area (TPSA) is 89.1 Å². The normalized spacial score (nSPS) is 18.6. The van der Waals surface area contributed by atoms with E-state index >= 15 is 0 Å². The molecule has 1 aromatic carbocycles. The first-order valence-electron chi connectivity index (χ1n) is 5.95. The van der Waals surface area contributed by atoms with Crippen LogP contribution in [0, 0.1) is 6.92 Å². The molecular formula is C13H9ClN2O4S. The number of fused-ring (bicyclic) bond motifs is 1. The quantitative estimate of drug-likeness (QED) is 0.849. The Labute approximate surface area is 125 Å². The molecule has 0 radical (unpaired) electrons. The third-order valence-electron chi connectivity index (χ3n) is 3.10. The van der Waals surface area contributed by atoms with Gasteiger partial charge in [-0.2, -0.15) is 5.11 Å². The molecule has 6 nitrogen and oxygen atoms in total. The fourth-order valence-electron chi connectivity index (χ4n) is 2.07. The van der Waals surface area contributed by atoms with Crippen molar-refractivity contribution in [1.29, 1.82) is 0 Å². The monoisotopic (exact) mass is 324 g/mol. The van der Waals surface area contributed by atoms with Gasteiger partial charge >= 0.3 is 0 Å². The predicted molar refractivity (Wildman–Crippen MR) is 75.9 cm³/mol. The Balaban J connectivity index is 2.16. The maximum atomic E-state index is 12.5. The highest BCUT2D eigenvalue weighted by atomic mass is 35.5. The van der Waals surface area contributed by atoms with Crippen LogP contribution >= 0.6 is 11.6 Å². The summed E-state index contributed by atoms with van der Waals surface area (Å²) >= 11 is 5.91. The predicted octanol–water partition coefficient (Wildman–Crippen LogP) is 3.04. The molecule has 0 bridgehead atoms. The van der Waals surface area contributed by atoms with Crippen molar-refractivity contribution in [3.8, 4) is 0 Å². The van der Waals surface area contributed by atoms with Crippen LogP contribution in [-0.4, -0.2) is 19.7 Å². The van der Waals surface area contributed by atoms with Crippen LogP contribution in [0.5, 0.6) is 0 Å². The standard InChI is InChI=1S/C13H9ClN2O4S/c1-7-9-6-8(14)2-3-10(9)20-13(7)21(18,19)12-5-4-11(17)15-16-12/h2-6,12H,1H3. The first-order chi connectivity index (χ1) is 9.89. The van der Waals surface area contributed by atoms with E-state index in [-0.39, 0.29) is 5.09 Å². The van der Waals surface area contributed by atoms with Gasteiger partial charge in [0.15, 0.2) is 5.37 Å². The largest absolute Gasteiger partial charge is 0.444 e. The maximum absolute atomic E-state index is 12.5. The number of furan rings is 1. The van der Waals surface area contributed by atoms with Crippen molar-refractivity contribution in [2.75, 3.05) is 0 Å². The van der Waals surface area contributed by atoms with Crippen molar-refractivity contribution in [2.24, 2.45) is 10.2 Å². The maximum Gasteiger partial charge on any atom is 0.287 e. The van der Waals surface area contributed by atoms with E-state index in [4.69, 9.17) is 16.0 Å². The van der Waals surface area contributed by atoms with Gasteiger partial charge < -0.3 is 4.42 Å². The molecular weight excluding hydrogens is 316 g/mol. The summed E-state index contributed by atoms with van der Waals surface area (Å²) in [5, 5.41) is 6.41. The highest BCUT2D eigenvalue weighted by Crippen LogP contribution is 2.33. The van der Waals surface area contributed by atoms with E-state index < -0.39 is 21.1 Å². The molecule has 1 aliphatic heterocycles. The Morgan fingerprint density at radius 2 is 2.10 bits per heavy atom. The van der Waals surface area contributed by atoms with Crippen molar-refractivity contribution in [1.82, 2.24) is 0 Å². The van der Waals surface area contributed by atoms with Gasteiger partial charge in [0.25, 0.3) is 5.91 Å². The van der Waals surface area contributed by atoms with Gasteiger partial charge in [-0.15, -0.1) is 5.11 Å². The van der Waals surface area contributed by atoms with Crippen molar-refractivity contribution >= 4 is 38.3 Å². The molecule has 108 valence electrons. The van der Waals surface area contributed by atoms with Crippen LogP contribution in [-0.2, 0) is 14.6 Å². The Morgan fingerprint density at radius 3 is 2.76 bits per heavy atom. The van der Waals surface area contributed by atoms with Crippen molar-refractivity contribution in [3.05, 3.63) is 40.9 Å². The summed E-state index contributed by atoms with van der Waals surface area (Å²) in [5.41, 5.74) is 0.872. The molecule has 0 spiro atoms. The van der Waals surface area contributed by atoms with Crippen LogP contribution in [0.2, 0.25) is 5.02 Å². The third-order valence-corrected chi connectivity index (χ3v) is 5.13. The minimum atomic E-state index is -3.90. The second-order valence-electron chi connectivity index (χ2n) is 4.50. The summed E-state index contributed by atoms with van der Waals surface area (Å²) in [4.78, 5) is 10.9. The average Bonchev–Trinajstić information content (AvgIpc) is 2.77. The molecule has 1 aliphatic rings. The first-order valence-corrected chi connectivity index (χ1v) is 7.87. The Bertz CT molecular complexity index is 896. The molecule has 0 aliphatic carbocycles. The number of sulfone groups is 1. The number of halogens is 1. The number of hydrogen-bond acceptors (Lipinski definition) is 5. The minimum Gasteiger partial charge on any atom is -0.444 e. The Kier molecular flexibility index (Phi) is 3.18. The van der Waals surface area contributed by atoms with Crippen LogP contribution in [0.4, 0.5) is 0 Å². The lowest BCUT2D eigenvalue weighted by atomic mass is 10.2. The first kappa shape index (κ1) is 14.0. The van der Waals surface area contributed by atoms with Gasteiger partial charge in [-0.05, 0) is 31.2 Å². The number of carbonyl (C=O) groups excluding carboxylic acids is 1. The zero-order valence-corrected chi connectivity index (χ0v) is 12.4.